The van der Waals surface area contributed by atoms with E-state index in [0.29, 0.717) is 0 Å². The van der Waals surface area contributed by atoms with Crippen molar-refractivity contribution in [1.29, 1.82) is 0 Å². The van der Waals surface area contributed by atoms with Crippen LogP contribution in [0.15, 0.2) is 30.3 Å². The first-order chi connectivity index (χ1) is 13.1. The smallest absolute Gasteiger partial charge is 0.305 e. The largest absolute Gasteiger partial charge is 0.481 e. The fourth-order valence-electron chi connectivity index (χ4n) is 2.73. The Labute approximate surface area is 163 Å². The molecule has 28 heavy (non-hydrogen) atoms. The van der Waals surface area contributed by atoms with Crippen LogP contribution < -0.4 is 10.8 Å². The molecular formula is C19H27N3O6. The minimum absolute atomic E-state index is 0.0394. The van der Waals surface area contributed by atoms with Crippen molar-refractivity contribution in [2.45, 2.75) is 39.3 Å². The highest BCUT2D eigenvalue weighted by Gasteiger charge is 2.33. The van der Waals surface area contributed by atoms with Crippen molar-refractivity contribution >= 4 is 23.7 Å². The predicted octanol–water partition coefficient (Wildman–Crippen LogP) is 0.772. The van der Waals surface area contributed by atoms with Gasteiger partial charge in [0.15, 0.2) is 0 Å². The molecule has 0 saturated carbocycles. The molecule has 9 heteroatoms. The van der Waals surface area contributed by atoms with Crippen molar-refractivity contribution in [2.75, 3.05) is 7.05 Å². The Balaban J connectivity index is 2.93. The topological polar surface area (TPSA) is 136 Å². The van der Waals surface area contributed by atoms with Crippen LogP contribution in [0.3, 0.4) is 0 Å². The molecule has 2 atom stereocenters. The number of amides is 3. The number of carbonyl (C=O) groups is 4. The number of carbonyl (C=O) groups excluding carboxylic acids is 3. The van der Waals surface area contributed by atoms with E-state index in [1.165, 1.54) is 17.4 Å². The summed E-state index contributed by atoms with van der Waals surface area (Å²) in [6.07, 6.45) is -0.495. The SMILES string of the molecule is CC(C)C[C@H](C(=O)NO)C(=O)N[C@@H](CC(=O)O)C(=O)N(C)Cc1ccccc1. The summed E-state index contributed by atoms with van der Waals surface area (Å²) in [6, 6.07) is 7.76. The number of benzene rings is 1. The summed E-state index contributed by atoms with van der Waals surface area (Å²) < 4.78 is 0. The maximum Gasteiger partial charge on any atom is 0.305 e. The van der Waals surface area contributed by atoms with Crippen molar-refractivity contribution in [3.63, 3.8) is 0 Å². The highest BCUT2D eigenvalue weighted by molar-refractivity contribution is 6.01. The molecule has 0 aromatic heterocycles. The maximum absolute atomic E-state index is 12.7. The van der Waals surface area contributed by atoms with Crippen molar-refractivity contribution in [3.8, 4) is 0 Å². The molecule has 1 aromatic carbocycles. The zero-order chi connectivity index (χ0) is 21.3. The van der Waals surface area contributed by atoms with E-state index in [1.54, 1.807) is 13.8 Å². The van der Waals surface area contributed by atoms with E-state index in [4.69, 9.17) is 10.3 Å². The first-order valence-electron chi connectivity index (χ1n) is 8.90. The van der Waals surface area contributed by atoms with Gasteiger partial charge in [-0.15, -0.1) is 0 Å². The Morgan fingerprint density at radius 3 is 2.18 bits per heavy atom. The molecule has 154 valence electrons. The first-order valence-corrected chi connectivity index (χ1v) is 8.90. The van der Waals surface area contributed by atoms with Gasteiger partial charge in [-0.05, 0) is 17.9 Å². The number of nitrogens with one attached hydrogen (secondary N) is 2. The van der Waals surface area contributed by atoms with Crippen LogP contribution in [0.2, 0.25) is 0 Å². The molecule has 0 spiro atoms. The number of hydrogen-bond donors (Lipinski definition) is 4. The predicted molar refractivity (Wildman–Crippen MR) is 100.0 cm³/mol. The van der Waals surface area contributed by atoms with E-state index < -0.39 is 42.1 Å². The van der Waals surface area contributed by atoms with Crippen LogP contribution >= 0.6 is 0 Å². The molecule has 0 aliphatic carbocycles. The Morgan fingerprint density at radius 2 is 1.68 bits per heavy atom. The molecule has 9 nitrogen and oxygen atoms in total. The second-order valence-electron chi connectivity index (χ2n) is 7.00. The van der Waals surface area contributed by atoms with E-state index in [1.807, 2.05) is 30.3 Å². The number of likely N-dealkylation sites (N-methyl/N-ethyl adjacent to an activating group) is 1. The third-order valence-electron chi connectivity index (χ3n) is 4.08. The minimum Gasteiger partial charge on any atom is -0.481 e. The van der Waals surface area contributed by atoms with E-state index >= 15 is 0 Å². The Morgan fingerprint density at radius 1 is 1.07 bits per heavy atom. The lowest BCUT2D eigenvalue weighted by atomic mass is 9.95. The van der Waals surface area contributed by atoms with Gasteiger partial charge >= 0.3 is 5.97 Å². The summed E-state index contributed by atoms with van der Waals surface area (Å²) >= 11 is 0. The van der Waals surface area contributed by atoms with Gasteiger partial charge in [0.05, 0.1) is 6.42 Å². The minimum atomic E-state index is -1.33. The van der Waals surface area contributed by atoms with Gasteiger partial charge in [0, 0.05) is 13.6 Å². The number of nitrogens with zero attached hydrogens (tertiary/aromatic N) is 1. The lowest BCUT2D eigenvalue weighted by Gasteiger charge is -2.25. The van der Waals surface area contributed by atoms with Crippen LogP contribution in [0.4, 0.5) is 0 Å². The average Bonchev–Trinajstić information content (AvgIpc) is 2.64. The molecule has 0 saturated heterocycles. The molecule has 0 aliphatic heterocycles. The number of carboxylic acids is 1. The van der Waals surface area contributed by atoms with Crippen molar-refractivity contribution in [1.82, 2.24) is 15.7 Å². The van der Waals surface area contributed by atoms with Crippen LogP contribution in [-0.2, 0) is 25.7 Å². The third kappa shape index (κ3) is 7.36. The number of hydrogen-bond acceptors (Lipinski definition) is 5. The zero-order valence-electron chi connectivity index (χ0n) is 16.2. The van der Waals surface area contributed by atoms with E-state index in [9.17, 15) is 19.2 Å². The average molecular weight is 393 g/mol. The lowest BCUT2D eigenvalue weighted by Crippen LogP contribution is -2.51. The van der Waals surface area contributed by atoms with Crippen LogP contribution in [0.1, 0.15) is 32.3 Å². The molecule has 0 radical (unpaired) electrons. The van der Waals surface area contributed by atoms with Gasteiger partial charge in [-0.2, -0.15) is 0 Å². The maximum atomic E-state index is 12.7. The lowest BCUT2D eigenvalue weighted by molar-refractivity contribution is -0.146. The fourth-order valence-corrected chi connectivity index (χ4v) is 2.73. The Bertz CT molecular complexity index is 692. The molecule has 0 aliphatic rings. The standard InChI is InChI=1S/C19H27N3O6/c1-12(2)9-14(18(26)21-28)17(25)20-15(10-16(23)24)19(27)22(3)11-13-7-5-4-6-8-13/h4-8,12,14-15,28H,9-11H2,1-3H3,(H,20,25)(H,21,26)(H,23,24)/t14-,15-/m0/s1. The Kier molecular flexibility index (Phi) is 9.10. The van der Waals surface area contributed by atoms with Crippen LogP contribution in [0.25, 0.3) is 0 Å². The zero-order valence-corrected chi connectivity index (χ0v) is 16.2. The van der Waals surface area contributed by atoms with E-state index in [0.717, 1.165) is 5.56 Å². The molecule has 0 bridgehead atoms. The first kappa shape index (κ1) is 23.1. The van der Waals surface area contributed by atoms with Crippen molar-refractivity contribution < 1.29 is 29.5 Å². The van der Waals surface area contributed by atoms with Crippen molar-refractivity contribution in [3.05, 3.63) is 35.9 Å². The molecule has 1 aromatic rings. The van der Waals surface area contributed by atoms with Gasteiger partial charge in [0.25, 0.3) is 5.91 Å². The number of hydroxylamine groups is 1. The summed E-state index contributed by atoms with van der Waals surface area (Å²) in [5.74, 6) is -4.86. The third-order valence-corrected chi connectivity index (χ3v) is 4.08. The molecule has 4 N–H and O–H groups in total. The molecule has 0 heterocycles. The number of aliphatic carboxylic acids is 1. The molecule has 3 amide bonds. The highest BCUT2D eigenvalue weighted by Crippen LogP contribution is 2.14. The van der Waals surface area contributed by atoms with E-state index in [-0.39, 0.29) is 18.9 Å². The summed E-state index contributed by atoms with van der Waals surface area (Å²) in [4.78, 5) is 49.5. The number of rotatable bonds is 10. The normalized spacial score (nSPS) is 12.8. The van der Waals surface area contributed by atoms with Crippen molar-refractivity contribution in [2.24, 2.45) is 11.8 Å². The summed E-state index contributed by atoms with van der Waals surface area (Å²) in [5.41, 5.74) is 2.28. The van der Waals surface area contributed by atoms with Gasteiger partial charge in [0.2, 0.25) is 11.8 Å². The van der Waals surface area contributed by atoms with Gasteiger partial charge in [0.1, 0.15) is 12.0 Å². The van der Waals surface area contributed by atoms with Gasteiger partial charge in [-0.1, -0.05) is 44.2 Å². The van der Waals surface area contributed by atoms with Gasteiger partial charge in [-0.25, -0.2) is 5.48 Å². The summed E-state index contributed by atoms with van der Waals surface area (Å²) in [7, 11) is 1.50. The van der Waals surface area contributed by atoms with Gasteiger partial charge in [-0.3, -0.25) is 24.4 Å². The van der Waals surface area contributed by atoms with Gasteiger partial charge < -0.3 is 15.3 Å². The van der Waals surface area contributed by atoms with Crippen LogP contribution in [0, 0.1) is 11.8 Å². The highest BCUT2D eigenvalue weighted by atomic mass is 16.5. The number of carboxylic acid groups (broad SMARTS) is 1. The molecule has 0 fully saturated rings. The molecule has 0 unspecified atom stereocenters. The summed E-state index contributed by atoms with van der Waals surface area (Å²) in [6.45, 7) is 3.81. The monoisotopic (exact) mass is 393 g/mol. The van der Waals surface area contributed by atoms with E-state index in [2.05, 4.69) is 5.32 Å². The Hall–Kier alpha value is -2.94. The summed E-state index contributed by atoms with van der Waals surface area (Å²) in [5, 5.41) is 20.3. The quantitative estimate of drug-likeness (QED) is 0.263. The second kappa shape index (κ2) is 11.0. The van der Waals surface area contributed by atoms with Crippen LogP contribution in [-0.4, -0.2) is 52.0 Å². The second-order valence-corrected chi connectivity index (χ2v) is 7.00. The molecular weight excluding hydrogens is 366 g/mol. The van der Waals surface area contributed by atoms with Crippen LogP contribution in [0.5, 0.6) is 0 Å². The molecule has 1 rings (SSSR count). The fraction of sp³-hybridized carbons (Fsp3) is 0.474.